The predicted molar refractivity (Wildman–Crippen MR) is 106 cm³/mol. The molecule has 0 aliphatic rings. The van der Waals surface area contributed by atoms with E-state index in [0.29, 0.717) is 29.1 Å². The fourth-order valence-corrected chi connectivity index (χ4v) is 3.56. The summed E-state index contributed by atoms with van der Waals surface area (Å²) in [6.45, 7) is 3.64. The first-order valence-electron chi connectivity index (χ1n) is 8.75. The zero-order chi connectivity index (χ0) is 19.6. The standard InChI is InChI=1S/C21H21BrO5/c1-3-14(21(24)25)15-6-4-5-7-18(15)26-11-17-16-10-13(22)8-9-19(16)27-20(17)12(2)23/h4-10,12,14,23H,3,11H2,1-2H3,(H,24,25). The Morgan fingerprint density at radius 2 is 2.00 bits per heavy atom. The summed E-state index contributed by atoms with van der Waals surface area (Å²) in [5.74, 6) is -0.540. The average molecular weight is 433 g/mol. The van der Waals surface area contributed by atoms with Gasteiger partial charge in [0.1, 0.15) is 29.8 Å². The molecule has 1 heterocycles. The van der Waals surface area contributed by atoms with E-state index in [1.807, 2.05) is 31.2 Å². The summed E-state index contributed by atoms with van der Waals surface area (Å²) in [4.78, 5) is 11.6. The van der Waals surface area contributed by atoms with Gasteiger partial charge in [-0.25, -0.2) is 0 Å². The molecule has 0 radical (unpaired) electrons. The first-order valence-corrected chi connectivity index (χ1v) is 9.55. The summed E-state index contributed by atoms with van der Waals surface area (Å²) >= 11 is 3.45. The largest absolute Gasteiger partial charge is 0.488 e. The number of hydrogen-bond donors (Lipinski definition) is 2. The van der Waals surface area contributed by atoms with Crippen LogP contribution in [0.1, 0.15) is 49.2 Å². The maximum Gasteiger partial charge on any atom is 0.311 e. The maximum atomic E-state index is 11.6. The van der Waals surface area contributed by atoms with E-state index in [1.54, 1.807) is 25.1 Å². The average Bonchev–Trinajstić information content (AvgIpc) is 2.99. The second-order valence-corrected chi connectivity index (χ2v) is 7.30. The first-order chi connectivity index (χ1) is 12.9. The van der Waals surface area contributed by atoms with Crippen molar-refractivity contribution in [1.82, 2.24) is 0 Å². The van der Waals surface area contributed by atoms with E-state index in [-0.39, 0.29) is 6.61 Å². The molecule has 0 aliphatic heterocycles. The van der Waals surface area contributed by atoms with Crippen LogP contribution in [0.2, 0.25) is 0 Å². The lowest BCUT2D eigenvalue weighted by molar-refractivity contribution is -0.138. The van der Waals surface area contributed by atoms with E-state index < -0.39 is 18.0 Å². The molecule has 0 amide bonds. The van der Waals surface area contributed by atoms with Crippen molar-refractivity contribution >= 4 is 32.9 Å². The summed E-state index contributed by atoms with van der Waals surface area (Å²) < 4.78 is 12.7. The molecule has 1 aromatic heterocycles. The van der Waals surface area contributed by atoms with Gasteiger partial charge in [-0.15, -0.1) is 0 Å². The van der Waals surface area contributed by atoms with Crippen molar-refractivity contribution in [2.75, 3.05) is 0 Å². The van der Waals surface area contributed by atoms with E-state index in [1.165, 1.54) is 0 Å². The van der Waals surface area contributed by atoms with Gasteiger partial charge in [-0.05, 0) is 37.6 Å². The molecule has 0 aliphatic carbocycles. The summed E-state index contributed by atoms with van der Waals surface area (Å²) in [7, 11) is 0. The molecule has 2 aromatic carbocycles. The van der Waals surface area contributed by atoms with Crippen LogP contribution in [0.25, 0.3) is 11.0 Å². The number of carboxylic acids is 1. The van der Waals surface area contributed by atoms with Crippen molar-refractivity contribution in [2.45, 2.75) is 38.9 Å². The molecular formula is C21H21BrO5. The Morgan fingerprint density at radius 1 is 1.26 bits per heavy atom. The molecule has 2 N–H and O–H groups in total. The van der Waals surface area contributed by atoms with Gasteiger partial charge < -0.3 is 19.4 Å². The van der Waals surface area contributed by atoms with Crippen LogP contribution in [-0.4, -0.2) is 16.2 Å². The van der Waals surface area contributed by atoms with Crippen molar-refractivity contribution in [3.63, 3.8) is 0 Å². The van der Waals surface area contributed by atoms with Gasteiger partial charge in [0.05, 0.1) is 5.92 Å². The van der Waals surface area contributed by atoms with Gasteiger partial charge in [-0.2, -0.15) is 0 Å². The number of hydrogen-bond acceptors (Lipinski definition) is 4. The van der Waals surface area contributed by atoms with Crippen LogP contribution >= 0.6 is 15.9 Å². The molecule has 142 valence electrons. The number of carboxylic acid groups (broad SMARTS) is 1. The van der Waals surface area contributed by atoms with Crippen molar-refractivity contribution in [1.29, 1.82) is 0 Å². The molecule has 2 atom stereocenters. The highest BCUT2D eigenvalue weighted by molar-refractivity contribution is 9.10. The Morgan fingerprint density at radius 3 is 2.67 bits per heavy atom. The second-order valence-electron chi connectivity index (χ2n) is 6.39. The maximum absolute atomic E-state index is 11.6. The third kappa shape index (κ3) is 4.01. The third-order valence-electron chi connectivity index (χ3n) is 4.54. The van der Waals surface area contributed by atoms with Gasteiger partial charge in [0.2, 0.25) is 0 Å². The normalized spacial score (nSPS) is 13.5. The molecule has 0 saturated heterocycles. The molecule has 0 fully saturated rings. The van der Waals surface area contributed by atoms with Crippen LogP contribution in [0.3, 0.4) is 0 Å². The molecule has 3 aromatic rings. The molecule has 5 nitrogen and oxygen atoms in total. The summed E-state index contributed by atoms with van der Waals surface area (Å²) in [6, 6.07) is 12.8. The molecule has 0 bridgehead atoms. The lowest BCUT2D eigenvalue weighted by Gasteiger charge is -2.16. The zero-order valence-corrected chi connectivity index (χ0v) is 16.7. The highest BCUT2D eigenvalue weighted by atomic mass is 79.9. The van der Waals surface area contributed by atoms with Crippen molar-refractivity contribution in [2.24, 2.45) is 0 Å². The highest BCUT2D eigenvalue weighted by Crippen LogP contribution is 2.34. The zero-order valence-electron chi connectivity index (χ0n) is 15.1. The lowest BCUT2D eigenvalue weighted by Crippen LogP contribution is -2.12. The first kappa shape index (κ1) is 19.5. The van der Waals surface area contributed by atoms with Crippen LogP contribution in [0.4, 0.5) is 0 Å². The Bertz CT molecular complexity index is 960. The third-order valence-corrected chi connectivity index (χ3v) is 5.03. The number of benzene rings is 2. The molecule has 27 heavy (non-hydrogen) atoms. The van der Waals surface area contributed by atoms with Crippen LogP contribution in [0, 0.1) is 0 Å². The molecule has 0 saturated carbocycles. The van der Waals surface area contributed by atoms with E-state index in [0.717, 1.165) is 15.4 Å². The van der Waals surface area contributed by atoms with Gasteiger partial charge in [0.15, 0.2) is 0 Å². The van der Waals surface area contributed by atoms with E-state index in [9.17, 15) is 15.0 Å². The van der Waals surface area contributed by atoms with Gasteiger partial charge in [-0.1, -0.05) is 41.1 Å². The number of halogens is 1. The topological polar surface area (TPSA) is 79.9 Å². The fraction of sp³-hybridized carbons (Fsp3) is 0.286. The minimum Gasteiger partial charge on any atom is -0.488 e. The van der Waals surface area contributed by atoms with Gasteiger partial charge >= 0.3 is 5.97 Å². The smallest absolute Gasteiger partial charge is 0.311 e. The summed E-state index contributed by atoms with van der Waals surface area (Å²) in [5, 5.41) is 20.4. The number of aliphatic hydroxyl groups excluding tert-OH is 1. The minimum absolute atomic E-state index is 0.163. The van der Waals surface area contributed by atoms with Crippen molar-refractivity contribution < 1.29 is 24.2 Å². The van der Waals surface area contributed by atoms with E-state index in [4.69, 9.17) is 9.15 Å². The quantitative estimate of drug-likeness (QED) is 0.521. The summed E-state index contributed by atoms with van der Waals surface area (Å²) in [5.41, 5.74) is 2.05. The number of carbonyl (C=O) groups is 1. The Balaban J connectivity index is 1.97. The second kappa shape index (κ2) is 8.15. The number of ether oxygens (including phenoxy) is 1. The monoisotopic (exact) mass is 432 g/mol. The van der Waals surface area contributed by atoms with Gasteiger partial charge in [-0.3, -0.25) is 4.79 Å². The van der Waals surface area contributed by atoms with Crippen molar-refractivity contribution in [3.8, 4) is 5.75 Å². The summed E-state index contributed by atoms with van der Waals surface area (Å²) in [6.07, 6.45) is -0.316. The lowest BCUT2D eigenvalue weighted by atomic mass is 9.96. The number of rotatable bonds is 7. The number of aliphatic hydroxyl groups is 1. The molecule has 2 unspecified atom stereocenters. The molecule has 6 heteroatoms. The SMILES string of the molecule is CCC(C(=O)O)c1ccccc1OCc1c(C(C)O)oc2ccc(Br)cc12. The molecule has 0 spiro atoms. The molecule has 3 rings (SSSR count). The van der Waals surface area contributed by atoms with Crippen LogP contribution in [0.5, 0.6) is 5.75 Å². The van der Waals surface area contributed by atoms with E-state index >= 15 is 0 Å². The van der Waals surface area contributed by atoms with Gasteiger partial charge in [0, 0.05) is 21.0 Å². The Hall–Kier alpha value is -2.31. The molecular weight excluding hydrogens is 412 g/mol. The number of aliphatic carboxylic acids is 1. The number of furan rings is 1. The van der Waals surface area contributed by atoms with Crippen molar-refractivity contribution in [3.05, 3.63) is 63.8 Å². The van der Waals surface area contributed by atoms with E-state index in [2.05, 4.69) is 15.9 Å². The number of fused-ring (bicyclic) bond motifs is 1. The van der Waals surface area contributed by atoms with Crippen LogP contribution < -0.4 is 4.74 Å². The minimum atomic E-state index is -0.879. The van der Waals surface area contributed by atoms with Gasteiger partial charge in [0.25, 0.3) is 0 Å². The highest BCUT2D eigenvalue weighted by Gasteiger charge is 2.23. The van der Waals surface area contributed by atoms with Crippen LogP contribution in [0.15, 0.2) is 51.4 Å². The fourth-order valence-electron chi connectivity index (χ4n) is 3.20. The number of para-hydroxylation sites is 1. The van der Waals surface area contributed by atoms with Crippen LogP contribution in [-0.2, 0) is 11.4 Å². The Kier molecular flexibility index (Phi) is 5.87. The predicted octanol–water partition coefficient (Wildman–Crippen LogP) is 5.41. The Labute approximate surface area is 165 Å².